The van der Waals surface area contributed by atoms with E-state index in [4.69, 9.17) is 26.4 Å². The molecule has 0 radical (unpaired) electrons. The van der Waals surface area contributed by atoms with E-state index in [1.807, 2.05) is 36.1 Å². The Morgan fingerprint density at radius 2 is 1.92 bits per heavy atom. The maximum atomic E-state index is 6.63. The van der Waals surface area contributed by atoms with E-state index >= 15 is 0 Å². The second-order valence-electron chi connectivity index (χ2n) is 10.2. The van der Waals surface area contributed by atoms with Gasteiger partial charge >= 0.3 is 0 Å². The van der Waals surface area contributed by atoms with Gasteiger partial charge in [0.15, 0.2) is 0 Å². The first-order chi connectivity index (χ1) is 18.6. The smallest absolute Gasteiger partial charge is 0.227 e. The van der Waals surface area contributed by atoms with Gasteiger partial charge in [-0.1, -0.05) is 35.9 Å². The first-order valence-electron chi connectivity index (χ1n) is 13.5. The Morgan fingerprint density at radius 1 is 1.08 bits per heavy atom. The van der Waals surface area contributed by atoms with Crippen molar-refractivity contribution in [2.75, 3.05) is 31.6 Å². The van der Waals surface area contributed by atoms with Gasteiger partial charge in [-0.3, -0.25) is 4.68 Å². The molecule has 1 N–H and O–H groups in total. The predicted octanol–water partition coefficient (Wildman–Crippen LogP) is 6.21. The van der Waals surface area contributed by atoms with Gasteiger partial charge in [0, 0.05) is 37.0 Å². The first kappa shape index (κ1) is 24.9. The van der Waals surface area contributed by atoms with Crippen molar-refractivity contribution in [1.29, 1.82) is 0 Å². The number of hydrogen-bond donors (Lipinski definition) is 1. The highest BCUT2D eigenvalue weighted by Crippen LogP contribution is 2.40. The van der Waals surface area contributed by atoms with E-state index in [1.165, 1.54) is 37.1 Å². The lowest BCUT2D eigenvalue weighted by atomic mass is 9.90. The van der Waals surface area contributed by atoms with E-state index in [2.05, 4.69) is 46.4 Å². The lowest BCUT2D eigenvalue weighted by Gasteiger charge is -2.18. The molecule has 2 aromatic heterocycles. The van der Waals surface area contributed by atoms with Gasteiger partial charge in [0.05, 0.1) is 34.4 Å². The summed E-state index contributed by atoms with van der Waals surface area (Å²) in [7, 11) is 2.01. The number of nitrogens with zero attached hydrogens (tertiary/aromatic N) is 5. The van der Waals surface area contributed by atoms with Crippen LogP contribution in [0, 0.1) is 6.92 Å². The molecule has 0 saturated carbocycles. The molecule has 6 rings (SSSR count). The van der Waals surface area contributed by atoms with Crippen LogP contribution in [0.4, 0.5) is 11.6 Å². The summed E-state index contributed by atoms with van der Waals surface area (Å²) < 4.78 is 7.94. The molecule has 7 nitrogen and oxygen atoms in total. The second kappa shape index (κ2) is 10.8. The van der Waals surface area contributed by atoms with Crippen molar-refractivity contribution < 1.29 is 4.74 Å². The summed E-state index contributed by atoms with van der Waals surface area (Å²) in [5.41, 5.74) is 8.46. The average Bonchev–Trinajstić information content (AvgIpc) is 3.56. The molecule has 0 unspecified atom stereocenters. The molecular weight excluding hydrogens is 496 g/mol. The van der Waals surface area contributed by atoms with Crippen molar-refractivity contribution in [3.8, 4) is 28.3 Å². The van der Waals surface area contributed by atoms with E-state index in [0.29, 0.717) is 17.6 Å². The number of likely N-dealkylation sites (tertiary alicyclic amines) is 1. The highest BCUT2D eigenvalue weighted by Gasteiger charge is 2.27. The lowest BCUT2D eigenvalue weighted by Crippen LogP contribution is -2.21. The summed E-state index contributed by atoms with van der Waals surface area (Å²) in [4.78, 5) is 12.1. The largest absolute Gasteiger partial charge is 0.493 e. The van der Waals surface area contributed by atoms with Crippen LogP contribution in [0.15, 0.2) is 48.7 Å². The van der Waals surface area contributed by atoms with Crippen molar-refractivity contribution >= 4 is 23.2 Å². The molecule has 3 heterocycles. The number of benzene rings is 2. The summed E-state index contributed by atoms with van der Waals surface area (Å²) in [6.07, 6.45) is 7.32. The quantitative estimate of drug-likeness (QED) is 0.274. The van der Waals surface area contributed by atoms with Crippen molar-refractivity contribution in [2.24, 2.45) is 7.05 Å². The van der Waals surface area contributed by atoms with Crippen LogP contribution in [0.5, 0.6) is 5.75 Å². The van der Waals surface area contributed by atoms with E-state index in [-0.39, 0.29) is 0 Å². The minimum atomic E-state index is 0.511. The number of anilines is 2. The van der Waals surface area contributed by atoms with Gasteiger partial charge < -0.3 is 15.0 Å². The number of halogens is 1. The Bertz CT molecular complexity index is 1460. The molecule has 196 valence electrons. The zero-order valence-electron chi connectivity index (χ0n) is 22.0. The minimum absolute atomic E-state index is 0.511. The molecule has 2 aliphatic rings. The standard InChI is InChI=1S/C30H33ClN6O/c1-20-8-3-4-9-23(20)29-27-26(35-36(29)2)12-10-21-19-32-30(34-28(21)27)33-25-13-11-22(18-24(25)31)38-17-7-16-37-14-5-6-15-37/h3-4,8-9,11,13,18-19H,5-7,10,12,14-17H2,1-2H3,(H,32,33,34). The molecule has 1 saturated heterocycles. The SMILES string of the molecule is Cc1ccccc1-c1c2c(nn1C)CCc1cnc(Nc3ccc(OCCCN4CCCC4)cc3Cl)nc1-2. The number of rotatable bonds is 8. The molecule has 1 aliphatic carbocycles. The van der Waals surface area contributed by atoms with E-state index in [9.17, 15) is 0 Å². The molecule has 38 heavy (non-hydrogen) atoms. The monoisotopic (exact) mass is 528 g/mol. The van der Waals surface area contributed by atoms with Crippen molar-refractivity contribution in [3.63, 3.8) is 0 Å². The van der Waals surface area contributed by atoms with Crippen LogP contribution in [0.2, 0.25) is 5.02 Å². The Balaban J connectivity index is 1.21. The molecule has 2 aromatic carbocycles. The summed E-state index contributed by atoms with van der Waals surface area (Å²) in [6, 6.07) is 14.1. The molecule has 4 aromatic rings. The molecule has 0 spiro atoms. The van der Waals surface area contributed by atoms with Crippen LogP contribution in [0.3, 0.4) is 0 Å². The number of fused-ring (bicyclic) bond motifs is 3. The molecule has 1 aliphatic heterocycles. The van der Waals surface area contributed by atoms with Gasteiger partial charge in [0.2, 0.25) is 5.95 Å². The molecule has 8 heteroatoms. The van der Waals surface area contributed by atoms with Gasteiger partial charge in [-0.15, -0.1) is 0 Å². The Morgan fingerprint density at radius 3 is 2.74 bits per heavy atom. The maximum absolute atomic E-state index is 6.63. The molecule has 1 fully saturated rings. The maximum Gasteiger partial charge on any atom is 0.227 e. The van der Waals surface area contributed by atoms with Gasteiger partial charge in [0.1, 0.15) is 5.75 Å². The van der Waals surface area contributed by atoms with Gasteiger partial charge in [-0.25, -0.2) is 9.97 Å². The lowest BCUT2D eigenvalue weighted by molar-refractivity contribution is 0.263. The van der Waals surface area contributed by atoms with Crippen LogP contribution >= 0.6 is 11.6 Å². The van der Waals surface area contributed by atoms with E-state index in [1.54, 1.807) is 0 Å². The first-order valence-corrected chi connectivity index (χ1v) is 13.8. The third-order valence-electron chi connectivity index (χ3n) is 7.53. The third kappa shape index (κ3) is 5.00. The predicted molar refractivity (Wildman–Crippen MR) is 152 cm³/mol. The van der Waals surface area contributed by atoms with Gasteiger partial charge in [0.25, 0.3) is 0 Å². The Kier molecular flexibility index (Phi) is 7.04. The van der Waals surface area contributed by atoms with Crippen LogP contribution in [0.25, 0.3) is 22.5 Å². The molecular formula is C30H33ClN6O. The third-order valence-corrected chi connectivity index (χ3v) is 7.84. The summed E-state index contributed by atoms with van der Waals surface area (Å²) in [6.45, 7) is 6.34. The fourth-order valence-electron chi connectivity index (χ4n) is 5.56. The minimum Gasteiger partial charge on any atom is -0.493 e. The summed E-state index contributed by atoms with van der Waals surface area (Å²) in [5, 5.41) is 8.75. The number of ether oxygens (including phenoxy) is 1. The fourth-order valence-corrected chi connectivity index (χ4v) is 5.78. The van der Waals surface area contributed by atoms with Crippen molar-refractivity contribution in [1.82, 2.24) is 24.6 Å². The van der Waals surface area contributed by atoms with E-state index in [0.717, 1.165) is 65.5 Å². The van der Waals surface area contributed by atoms with Gasteiger partial charge in [-0.2, -0.15) is 5.10 Å². The van der Waals surface area contributed by atoms with Crippen molar-refractivity contribution in [3.05, 3.63) is 70.5 Å². The fraction of sp³-hybridized carbons (Fsp3) is 0.367. The number of hydrogen-bond acceptors (Lipinski definition) is 6. The molecule has 0 amide bonds. The number of nitrogens with one attached hydrogen (secondary N) is 1. The number of aromatic nitrogens is 4. The topological polar surface area (TPSA) is 68.1 Å². The normalized spacial score (nSPS) is 14.8. The molecule has 0 bridgehead atoms. The zero-order valence-corrected chi connectivity index (χ0v) is 22.8. The Hall–Kier alpha value is -3.42. The summed E-state index contributed by atoms with van der Waals surface area (Å²) in [5.74, 6) is 1.29. The second-order valence-corrected chi connectivity index (χ2v) is 10.6. The Labute approximate surface area is 228 Å². The average molecular weight is 529 g/mol. The van der Waals surface area contributed by atoms with Crippen LogP contribution < -0.4 is 10.1 Å². The number of aryl methyl sites for hydroxylation is 4. The highest BCUT2D eigenvalue weighted by atomic mass is 35.5. The zero-order chi connectivity index (χ0) is 26.1. The van der Waals surface area contributed by atoms with E-state index < -0.39 is 0 Å². The van der Waals surface area contributed by atoms with Crippen LogP contribution in [0.1, 0.15) is 36.1 Å². The highest BCUT2D eigenvalue weighted by molar-refractivity contribution is 6.33. The summed E-state index contributed by atoms with van der Waals surface area (Å²) >= 11 is 6.63. The van der Waals surface area contributed by atoms with Crippen LogP contribution in [-0.2, 0) is 19.9 Å². The molecule has 0 atom stereocenters. The van der Waals surface area contributed by atoms with Gasteiger partial charge in [-0.05, 0) is 75.4 Å². The van der Waals surface area contributed by atoms with Crippen molar-refractivity contribution in [2.45, 2.75) is 39.0 Å². The van der Waals surface area contributed by atoms with Crippen LogP contribution in [-0.4, -0.2) is 50.9 Å².